The van der Waals surface area contributed by atoms with Crippen molar-refractivity contribution in [1.82, 2.24) is 4.98 Å². The molecule has 0 saturated heterocycles. The second-order valence-corrected chi connectivity index (χ2v) is 11.2. The van der Waals surface area contributed by atoms with Gasteiger partial charge in [0.05, 0.1) is 11.3 Å². The van der Waals surface area contributed by atoms with E-state index in [2.05, 4.69) is 83.1 Å². The Morgan fingerprint density at radius 2 is 1.50 bits per heavy atom. The fourth-order valence-electron chi connectivity index (χ4n) is 6.43. The van der Waals surface area contributed by atoms with Crippen LogP contribution in [0, 0.1) is 13.8 Å². The lowest BCUT2D eigenvalue weighted by molar-refractivity contribution is 0.0391. The van der Waals surface area contributed by atoms with E-state index in [-0.39, 0.29) is 5.41 Å². The van der Waals surface area contributed by atoms with Crippen LogP contribution in [0.4, 0.5) is 0 Å². The molecule has 1 aromatic heterocycles. The highest BCUT2D eigenvalue weighted by Crippen LogP contribution is 2.41. The lowest BCUT2D eigenvalue weighted by Crippen LogP contribution is -2.27. The Morgan fingerprint density at radius 3 is 2.06 bits per heavy atom. The molecular weight excluding hydrogens is 438 g/mol. The van der Waals surface area contributed by atoms with Crippen LogP contribution in [0.15, 0.2) is 54.7 Å². The Bertz CT molecular complexity index is 1150. The third-order valence-electron chi connectivity index (χ3n) is 8.91. The standard InChI is InChI=1S/C34H45NO/c1-6-11-27-12-17-32(35-24-27)31-16-15-30(23-26(31)5)34(7-2,8-3)29-14-13-28(25(4)22-29)18-21-33(36)19-9-10-20-33/h12-17,22-24,36H,6-11,18-21H2,1-5H3. The van der Waals surface area contributed by atoms with Gasteiger partial charge >= 0.3 is 0 Å². The van der Waals surface area contributed by atoms with Crippen molar-refractivity contribution in [2.24, 2.45) is 0 Å². The van der Waals surface area contributed by atoms with E-state index in [1.54, 1.807) is 0 Å². The number of benzene rings is 2. The van der Waals surface area contributed by atoms with Crippen molar-refractivity contribution in [2.45, 2.75) is 110 Å². The van der Waals surface area contributed by atoms with Crippen molar-refractivity contribution in [3.05, 3.63) is 88.1 Å². The molecule has 0 radical (unpaired) electrons. The highest BCUT2D eigenvalue weighted by molar-refractivity contribution is 5.65. The number of pyridine rings is 1. The summed E-state index contributed by atoms with van der Waals surface area (Å²) >= 11 is 0. The minimum absolute atomic E-state index is 0.00531. The average molecular weight is 484 g/mol. The molecule has 0 bridgehead atoms. The molecular formula is C34H45NO. The summed E-state index contributed by atoms with van der Waals surface area (Å²) in [6.45, 7) is 11.3. The van der Waals surface area contributed by atoms with E-state index in [1.807, 2.05) is 6.20 Å². The van der Waals surface area contributed by atoms with Crippen molar-refractivity contribution in [3.8, 4) is 11.3 Å². The summed E-state index contributed by atoms with van der Waals surface area (Å²) in [7, 11) is 0. The van der Waals surface area contributed by atoms with Gasteiger partial charge in [-0.1, -0.05) is 82.5 Å². The molecule has 192 valence electrons. The Hall–Kier alpha value is -2.45. The molecule has 1 heterocycles. The summed E-state index contributed by atoms with van der Waals surface area (Å²) in [5.41, 5.74) is 9.96. The summed E-state index contributed by atoms with van der Waals surface area (Å²) in [5, 5.41) is 10.8. The topological polar surface area (TPSA) is 33.1 Å². The summed E-state index contributed by atoms with van der Waals surface area (Å²) in [5.74, 6) is 0. The molecule has 3 aromatic rings. The Labute approximate surface area is 219 Å². The molecule has 0 aliphatic heterocycles. The van der Waals surface area contributed by atoms with Gasteiger partial charge in [0.1, 0.15) is 0 Å². The molecule has 2 aromatic carbocycles. The maximum absolute atomic E-state index is 10.8. The maximum atomic E-state index is 10.8. The predicted octanol–water partition coefficient (Wildman–Crippen LogP) is 8.66. The van der Waals surface area contributed by atoms with Gasteiger partial charge in [-0.25, -0.2) is 0 Å². The van der Waals surface area contributed by atoms with Gasteiger partial charge in [0, 0.05) is 17.2 Å². The molecule has 0 atom stereocenters. The first-order valence-corrected chi connectivity index (χ1v) is 14.2. The van der Waals surface area contributed by atoms with E-state index >= 15 is 0 Å². The fraction of sp³-hybridized carbons (Fsp3) is 0.500. The van der Waals surface area contributed by atoms with Crippen LogP contribution in [0.2, 0.25) is 0 Å². The van der Waals surface area contributed by atoms with Gasteiger partial charge < -0.3 is 5.11 Å². The number of rotatable bonds is 10. The highest BCUT2D eigenvalue weighted by Gasteiger charge is 2.33. The zero-order valence-electron chi connectivity index (χ0n) is 23.2. The van der Waals surface area contributed by atoms with E-state index < -0.39 is 5.60 Å². The smallest absolute Gasteiger partial charge is 0.0704 e. The zero-order chi connectivity index (χ0) is 25.8. The minimum Gasteiger partial charge on any atom is -0.390 e. The second-order valence-electron chi connectivity index (χ2n) is 11.2. The first-order valence-electron chi connectivity index (χ1n) is 14.2. The number of aliphatic hydroxyl groups is 1. The van der Waals surface area contributed by atoms with Crippen LogP contribution in [-0.4, -0.2) is 15.7 Å². The summed E-state index contributed by atoms with van der Waals surface area (Å²) in [6, 6.07) is 18.5. The second kappa shape index (κ2) is 11.3. The SMILES string of the molecule is CCCc1ccc(-c2ccc(C(CC)(CC)c3ccc(CCC4(O)CCCC4)c(C)c3)cc2C)nc1. The monoisotopic (exact) mass is 483 g/mol. The largest absolute Gasteiger partial charge is 0.390 e. The number of hydrogen-bond donors (Lipinski definition) is 1. The number of aryl methyl sites for hydroxylation is 4. The molecule has 0 unspecified atom stereocenters. The Morgan fingerprint density at radius 1 is 0.833 bits per heavy atom. The molecule has 0 spiro atoms. The van der Waals surface area contributed by atoms with Gasteiger partial charge in [-0.05, 0) is 98.2 Å². The first-order chi connectivity index (χ1) is 17.3. The van der Waals surface area contributed by atoms with Gasteiger partial charge in [-0.15, -0.1) is 0 Å². The summed E-state index contributed by atoms with van der Waals surface area (Å²) in [6.07, 6.45) is 12.5. The lowest BCUT2D eigenvalue weighted by Gasteiger charge is -2.34. The maximum Gasteiger partial charge on any atom is 0.0704 e. The summed E-state index contributed by atoms with van der Waals surface area (Å²) in [4.78, 5) is 4.77. The van der Waals surface area contributed by atoms with Crippen molar-refractivity contribution in [1.29, 1.82) is 0 Å². The van der Waals surface area contributed by atoms with Crippen LogP contribution >= 0.6 is 0 Å². The van der Waals surface area contributed by atoms with Gasteiger partial charge in [0.15, 0.2) is 0 Å². The minimum atomic E-state index is -0.438. The average Bonchev–Trinajstić information content (AvgIpc) is 3.32. The number of nitrogens with zero attached hydrogens (tertiary/aromatic N) is 1. The van der Waals surface area contributed by atoms with E-state index in [4.69, 9.17) is 4.98 Å². The molecule has 4 rings (SSSR count). The van der Waals surface area contributed by atoms with Crippen molar-refractivity contribution in [2.75, 3.05) is 0 Å². The molecule has 1 aliphatic carbocycles. The third kappa shape index (κ3) is 5.44. The van der Waals surface area contributed by atoms with Crippen LogP contribution in [0.25, 0.3) is 11.3 Å². The molecule has 36 heavy (non-hydrogen) atoms. The number of hydrogen-bond acceptors (Lipinski definition) is 2. The molecule has 2 heteroatoms. The van der Waals surface area contributed by atoms with Crippen molar-refractivity contribution < 1.29 is 5.11 Å². The van der Waals surface area contributed by atoms with Crippen LogP contribution in [0.1, 0.15) is 106 Å². The third-order valence-corrected chi connectivity index (χ3v) is 8.91. The highest BCUT2D eigenvalue weighted by atomic mass is 16.3. The van der Waals surface area contributed by atoms with Gasteiger partial charge in [-0.2, -0.15) is 0 Å². The molecule has 1 saturated carbocycles. The van der Waals surface area contributed by atoms with Crippen LogP contribution < -0.4 is 0 Å². The number of aromatic nitrogens is 1. The molecule has 1 N–H and O–H groups in total. The molecule has 1 aliphatic rings. The van der Waals surface area contributed by atoms with E-state index in [0.29, 0.717) is 0 Å². The normalized spacial score (nSPS) is 15.4. The quantitative estimate of drug-likeness (QED) is 0.313. The predicted molar refractivity (Wildman–Crippen MR) is 153 cm³/mol. The molecule has 0 amide bonds. The van der Waals surface area contributed by atoms with Crippen molar-refractivity contribution in [3.63, 3.8) is 0 Å². The first kappa shape index (κ1) is 26.6. The van der Waals surface area contributed by atoms with Gasteiger partial charge in [0.2, 0.25) is 0 Å². The van der Waals surface area contributed by atoms with Crippen molar-refractivity contribution >= 4 is 0 Å². The fourth-order valence-corrected chi connectivity index (χ4v) is 6.43. The van der Waals surface area contributed by atoms with Gasteiger partial charge in [-0.3, -0.25) is 4.98 Å². The zero-order valence-corrected chi connectivity index (χ0v) is 23.2. The Balaban J connectivity index is 1.60. The molecule has 2 nitrogen and oxygen atoms in total. The van der Waals surface area contributed by atoms with Crippen LogP contribution in [-0.2, 0) is 18.3 Å². The van der Waals surface area contributed by atoms with Gasteiger partial charge in [0.25, 0.3) is 0 Å². The van der Waals surface area contributed by atoms with Crippen LogP contribution in [0.3, 0.4) is 0 Å². The van der Waals surface area contributed by atoms with E-state index in [0.717, 1.165) is 57.1 Å². The van der Waals surface area contributed by atoms with Crippen LogP contribution in [0.5, 0.6) is 0 Å². The molecule has 1 fully saturated rings. The Kier molecular flexibility index (Phi) is 8.35. The van der Waals surface area contributed by atoms with E-state index in [1.165, 1.54) is 51.8 Å². The van der Waals surface area contributed by atoms with E-state index in [9.17, 15) is 5.11 Å². The lowest BCUT2D eigenvalue weighted by atomic mass is 9.69. The summed E-state index contributed by atoms with van der Waals surface area (Å²) < 4.78 is 0.